The van der Waals surface area contributed by atoms with Gasteiger partial charge in [0, 0.05) is 11.4 Å². The molecular weight excluding hydrogens is 361 g/mol. The van der Waals surface area contributed by atoms with Crippen molar-refractivity contribution in [2.45, 2.75) is 10.4 Å². The van der Waals surface area contributed by atoms with Crippen molar-refractivity contribution in [1.82, 2.24) is 10.2 Å². The Bertz CT molecular complexity index is 744. The highest BCUT2D eigenvalue weighted by Gasteiger charge is 2.34. The van der Waals surface area contributed by atoms with Crippen LogP contribution in [0.3, 0.4) is 0 Å². The van der Waals surface area contributed by atoms with Gasteiger partial charge in [0.25, 0.3) is 11.8 Å². The fraction of sp³-hybridized carbons (Fsp3) is 0.133. The number of nitrogens with zero attached hydrogens (tertiary/aromatic N) is 1. The van der Waals surface area contributed by atoms with Crippen LogP contribution in [-0.4, -0.2) is 33.9 Å². The number of carbonyl (C=O) groups excluding carboxylic acids is 2. The van der Waals surface area contributed by atoms with Crippen molar-refractivity contribution in [3.05, 3.63) is 48.1 Å². The van der Waals surface area contributed by atoms with Crippen LogP contribution in [0.4, 0.5) is 13.2 Å². The van der Waals surface area contributed by atoms with E-state index in [1.807, 2.05) is 0 Å². The summed E-state index contributed by atoms with van der Waals surface area (Å²) in [4.78, 5) is 25.4. The van der Waals surface area contributed by atoms with Crippen molar-refractivity contribution in [3.8, 4) is 0 Å². The predicted molar refractivity (Wildman–Crippen MR) is 89.0 cm³/mol. The predicted octanol–water partition coefficient (Wildman–Crippen LogP) is 3.11. The van der Waals surface area contributed by atoms with Crippen LogP contribution in [0, 0.1) is 0 Å². The van der Waals surface area contributed by atoms with Crippen LogP contribution in [0.1, 0.15) is 5.56 Å². The van der Waals surface area contributed by atoms with Crippen molar-refractivity contribution < 1.29 is 22.8 Å². The molecule has 0 saturated carbocycles. The van der Waals surface area contributed by atoms with Crippen LogP contribution in [-0.2, 0) is 9.59 Å². The van der Waals surface area contributed by atoms with Crippen LogP contribution in [0.25, 0.3) is 6.08 Å². The maximum Gasteiger partial charge on any atom is 0.446 e. The van der Waals surface area contributed by atoms with Gasteiger partial charge in [-0.15, -0.1) is 6.58 Å². The van der Waals surface area contributed by atoms with Crippen molar-refractivity contribution in [2.75, 3.05) is 6.54 Å². The molecule has 2 rings (SSSR count). The number of hydrogen-bond acceptors (Lipinski definition) is 4. The molecule has 2 amide bonds. The third kappa shape index (κ3) is 4.24. The monoisotopic (exact) mass is 372 g/mol. The summed E-state index contributed by atoms with van der Waals surface area (Å²) in [6.45, 7) is 3.57. The number of nitrogens with one attached hydrogen (secondary N) is 1. The van der Waals surface area contributed by atoms with Gasteiger partial charge in [0.05, 0.1) is 0 Å². The second-order valence-corrected chi connectivity index (χ2v) is 6.10. The molecule has 1 saturated heterocycles. The Balaban J connectivity index is 2.43. The highest BCUT2D eigenvalue weighted by molar-refractivity contribution is 8.00. The van der Waals surface area contributed by atoms with Gasteiger partial charge >= 0.3 is 5.51 Å². The van der Waals surface area contributed by atoms with E-state index < -0.39 is 17.3 Å². The third-order valence-corrected chi connectivity index (χ3v) is 4.09. The van der Waals surface area contributed by atoms with Gasteiger partial charge in [0.1, 0.15) is 5.57 Å². The Morgan fingerprint density at radius 3 is 2.58 bits per heavy atom. The zero-order chi connectivity index (χ0) is 17.9. The molecule has 1 N–H and O–H groups in total. The first-order chi connectivity index (χ1) is 11.2. The normalized spacial score (nSPS) is 17.2. The van der Waals surface area contributed by atoms with Crippen LogP contribution < -0.4 is 5.32 Å². The van der Waals surface area contributed by atoms with E-state index in [1.54, 1.807) is 0 Å². The molecule has 1 aromatic rings. The fourth-order valence-electron chi connectivity index (χ4n) is 1.96. The standard InChI is InChI=1S/C15H11F3N2O2S2/c1-2-7-20-13(22)10(12(21)19-14(20)23)8-9-5-3-4-6-11(9)24-15(16,17)18/h2-6,8H,1,7H2,(H,19,21,23). The number of thiocarbonyl (C=S) groups is 1. The van der Waals surface area contributed by atoms with Crippen molar-refractivity contribution >= 4 is 47.0 Å². The van der Waals surface area contributed by atoms with E-state index in [0.717, 1.165) is 11.0 Å². The highest BCUT2D eigenvalue weighted by atomic mass is 32.2. The zero-order valence-electron chi connectivity index (χ0n) is 12.1. The van der Waals surface area contributed by atoms with E-state index in [-0.39, 0.29) is 39.5 Å². The van der Waals surface area contributed by atoms with Gasteiger partial charge in [-0.05, 0) is 41.7 Å². The molecule has 1 fully saturated rings. The van der Waals surface area contributed by atoms with E-state index in [2.05, 4.69) is 11.9 Å². The highest BCUT2D eigenvalue weighted by Crippen LogP contribution is 2.39. The summed E-state index contributed by atoms with van der Waals surface area (Å²) in [5.41, 5.74) is -4.66. The van der Waals surface area contributed by atoms with Crippen molar-refractivity contribution in [1.29, 1.82) is 0 Å². The molecule has 9 heteroatoms. The lowest BCUT2D eigenvalue weighted by molar-refractivity contribution is -0.128. The van der Waals surface area contributed by atoms with E-state index in [1.165, 1.54) is 30.3 Å². The second-order valence-electron chi connectivity index (χ2n) is 4.61. The van der Waals surface area contributed by atoms with Crippen LogP contribution in [0.2, 0.25) is 0 Å². The molecule has 0 aliphatic carbocycles. The first kappa shape index (κ1) is 18.2. The molecule has 1 aliphatic heterocycles. The van der Waals surface area contributed by atoms with Crippen LogP contribution in [0.5, 0.6) is 0 Å². The molecular formula is C15H11F3N2O2S2. The lowest BCUT2D eigenvalue weighted by Crippen LogP contribution is -2.53. The number of thioether (sulfide) groups is 1. The number of benzene rings is 1. The average molecular weight is 372 g/mol. The molecule has 0 unspecified atom stereocenters. The third-order valence-electron chi connectivity index (χ3n) is 2.94. The molecule has 1 aromatic carbocycles. The van der Waals surface area contributed by atoms with Gasteiger partial charge in [-0.1, -0.05) is 24.3 Å². The van der Waals surface area contributed by atoms with Crippen molar-refractivity contribution in [2.24, 2.45) is 0 Å². The Kier molecular flexibility index (Phi) is 5.45. The molecule has 0 spiro atoms. The summed E-state index contributed by atoms with van der Waals surface area (Å²) in [7, 11) is 0. The fourth-order valence-corrected chi connectivity index (χ4v) is 2.85. The van der Waals surface area contributed by atoms with Crippen molar-refractivity contribution in [3.63, 3.8) is 0 Å². The minimum absolute atomic E-state index is 0.0694. The Morgan fingerprint density at radius 1 is 1.29 bits per heavy atom. The molecule has 24 heavy (non-hydrogen) atoms. The van der Waals surface area contributed by atoms with E-state index >= 15 is 0 Å². The number of rotatable bonds is 4. The molecule has 126 valence electrons. The lowest BCUT2D eigenvalue weighted by atomic mass is 10.1. The zero-order valence-corrected chi connectivity index (χ0v) is 13.7. The minimum atomic E-state index is -4.48. The van der Waals surface area contributed by atoms with E-state index in [0.29, 0.717) is 0 Å². The van der Waals surface area contributed by atoms with Gasteiger partial charge in [-0.25, -0.2) is 0 Å². The Labute approximate surface area is 145 Å². The number of carbonyl (C=O) groups is 2. The number of hydrogen-bond donors (Lipinski definition) is 1. The molecule has 0 aromatic heterocycles. The number of alkyl halides is 3. The summed E-state index contributed by atoms with van der Waals surface area (Å²) in [6.07, 6.45) is 2.55. The Hall–Kier alpha value is -2.13. The molecule has 1 heterocycles. The molecule has 0 radical (unpaired) electrons. The molecule has 0 bridgehead atoms. The van der Waals surface area contributed by atoms with E-state index in [9.17, 15) is 22.8 Å². The maximum absolute atomic E-state index is 12.6. The summed E-state index contributed by atoms with van der Waals surface area (Å²) in [5.74, 6) is -1.44. The maximum atomic E-state index is 12.6. The molecule has 4 nitrogen and oxygen atoms in total. The summed E-state index contributed by atoms with van der Waals surface area (Å²) in [6, 6.07) is 5.62. The van der Waals surface area contributed by atoms with Gasteiger partial charge in [0.15, 0.2) is 5.11 Å². The van der Waals surface area contributed by atoms with Gasteiger partial charge in [0.2, 0.25) is 0 Å². The Morgan fingerprint density at radius 2 is 1.96 bits per heavy atom. The summed E-state index contributed by atoms with van der Waals surface area (Å²) < 4.78 is 37.9. The topological polar surface area (TPSA) is 49.4 Å². The average Bonchev–Trinajstić information content (AvgIpc) is 2.48. The first-order valence-corrected chi connectivity index (χ1v) is 7.80. The van der Waals surface area contributed by atoms with Gasteiger partial charge < -0.3 is 0 Å². The summed E-state index contributed by atoms with van der Waals surface area (Å²) in [5, 5.41) is 2.27. The quantitative estimate of drug-likeness (QED) is 0.290. The SMILES string of the molecule is C=CCN1C(=O)C(=Cc2ccccc2SC(F)(F)F)C(=O)NC1=S. The number of amides is 2. The second kappa shape index (κ2) is 7.18. The van der Waals surface area contributed by atoms with E-state index in [4.69, 9.17) is 12.2 Å². The van der Waals surface area contributed by atoms with Gasteiger partial charge in [-0.3, -0.25) is 19.8 Å². The van der Waals surface area contributed by atoms with Gasteiger partial charge in [-0.2, -0.15) is 13.2 Å². The minimum Gasteiger partial charge on any atom is -0.298 e. The lowest BCUT2D eigenvalue weighted by Gasteiger charge is -2.27. The summed E-state index contributed by atoms with van der Waals surface area (Å²) >= 11 is 4.59. The largest absolute Gasteiger partial charge is 0.446 e. The molecule has 1 aliphatic rings. The number of halogens is 3. The first-order valence-electron chi connectivity index (χ1n) is 6.57. The van der Waals surface area contributed by atoms with Crippen LogP contribution >= 0.6 is 24.0 Å². The van der Waals surface area contributed by atoms with Crippen LogP contribution in [0.15, 0.2) is 47.4 Å². The smallest absolute Gasteiger partial charge is 0.298 e. The molecule has 0 atom stereocenters.